The molecule has 1 N–H and O–H groups in total. The van der Waals surface area contributed by atoms with Crippen LogP contribution >= 0.6 is 0 Å². The second-order valence-electron chi connectivity index (χ2n) is 4.20. The van der Waals surface area contributed by atoms with E-state index < -0.39 is 5.91 Å². The van der Waals surface area contributed by atoms with Gasteiger partial charge in [-0.3, -0.25) is 9.48 Å². The molecule has 6 heteroatoms. The van der Waals surface area contributed by atoms with Crippen LogP contribution in [-0.4, -0.2) is 15.7 Å². The van der Waals surface area contributed by atoms with E-state index in [9.17, 15) is 4.79 Å². The minimum Gasteiger partial charge on any atom is -0.306 e. The normalized spacial score (nSPS) is 10.5. The Morgan fingerprint density at radius 3 is 2.52 bits per heavy atom. The van der Waals surface area contributed by atoms with Crippen LogP contribution in [0.25, 0.3) is 6.08 Å². The van der Waals surface area contributed by atoms with Gasteiger partial charge in [0.15, 0.2) is 0 Å². The van der Waals surface area contributed by atoms with E-state index in [1.165, 1.54) is 10.8 Å². The molecule has 2 rings (SSSR count). The Bertz CT molecular complexity index is 772. The first-order valence-electron chi connectivity index (χ1n) is 6.05. The Morgan fingerprint density at radius 2 is 2.00 bits per heavy atom. The van der Waals surface area contributed by atoms with Gasteiger partial charge in [-0.25, -0.2) is 0 Å². The van der Waals surface area contributed by atoms with E-state index in [0.29, 0.717) is 16.9 Å². The van der Waals surface area contributed by atoms with Crippen LogP contribution < -0.4 is 5.32 Å². The van der Waals surface area contributed by atoms with Crippen molar-refractivity contribution in [3.8, 4) is 12.1 Å². The van der Waals surface area contributed by atoms with Crippen molar-refractivity contribution < 1.29 is 4.79 Å². The third-order valence-corrected chi connectivity index (χ3v) is 2.78. The molecule has 0 spiro atoms. The smallest absolute Gasteiger partial charge is 0.267 e. The van der Waals surface area contributed by atoms with E-state index in [0.717, 1.165) is 0 Å². The molecule has 0 aliphatic heterocycles. The van der Waals surface area contributed by atoms with E-state index in [-0.39, 0.29) is 5.57 Å². The predicted molar refractivity (Wildman–Crippen MR) is 76.6 cm³/mol. The summed E-state index contributed by atoms with van der Waals surface area (Å²) in [6.07, 6.45) is 3.01. The molecule has 0 fully saturated rings. The van der Waals surface area contributed by atoms with E-state index in [2.05, 4.69) is 10.4 Å². The molecule has 21 heavy (non-hydrogen) atoms. The second-order valence-corrected chi connectivity index (χ2v) is 4.20. The van der Waals surface area contributed by atoms with Crippen molar-refractivity contribution in [2.75, 3.05) is 5.32 Å². The number of nitriles is 2. The number of aromatic nitrogens is 2. The SMILES string of the molecule is Cn1nccc1NC(=O)/C(C#N)=C\c1ccc(C#N)cc1. The van der Waals surface area contributed by atoms with Gasteiger partial charge in [-0.15, -0.1) is 0 Å². The van der Waals surface area contributed by atoms with Gasteiger partial charge in [0.25, 0.3) is 5.91 Å². The van der Waals surface area contributed by atoms with Gasteiger partial charge in [0, 0.05) is 13.1 Å². The highest BCUT2D eigenvalue weighted by Crippen LogP contribution is 2.11. The molecule has 0 radical (unpaired) electrons. The van der Waals surface area contributed by atoms with E-state index in [1.807, 2.05) is 12.1 Å². The largest absolute Gasteiger partial charge is 0.306 e. The maximum absolute atomic E-state index is 12.0. The van der Waals surface area contributed by atoms with Crippen LogP contribution in [0.2, 0.25) is 0 Å². The zero-order chi connectivity index (χ0) is 15.2. The van der Waals surface area contributed by atoms with Crippen LogP contribution in [0.3, 0.4) is 0 Å². The summed E-state index contributed by atoms with van der Waals surface area (Å²) in [5, 5.41) is 24.4. The Morgan fingerprint density at radius 1 is 1.29 bits per heavy atom. The van der Waals surface area contributed by atoms with E-state index in [4.69, 9.17) is 10.5 Å². The van der Waals surface area contributed by atoms with Crippen LogP contribution in [0.15, 0.2) is 42.1 Å². The molecule has 102 valence electrons. The maximum Gasteiger partial charge on any atom is 0.267 e. The molecule has 0 saturated heterocycles. The number of carbonyl (C=O) groups is 1. The van der Waals surface area contributed by atoms with Gasteiger partial charge in [-0.1, -0.05) is 12.1 Å². The number of nitrogens with zero attached hydrogens (tertiary/aromatic N) is 4. The summed E-state index contributed by atoms with van der Waals surface area (Å²) in [6.45, 7) is 0. The number of anilines is 1. The van der Waals surface area contributed by atoms with Crippen molar-refractivity contribution in [2.24, 2.45) is 7.05 Å². The molecule has 0 atom stereocenters. The first-order chi connectivity index (χ1) is 10.1. The summed E-state index contributed by atoms with van der Waals surface area (Å²) < 4.78 is 1.49. The number of benzene rings is 1. The lowest BCUT2D eigenvalue weighted by atomic mass is 10.1. The van der Waals surface area contributed by atoms with Crippen molar-refractivity contribution in [3.63, 3.8) is 0 Å². The molecular weight excluding hydrogens is 266 g/mol. The minimum absolute atomic E-state index is 0.0269. The van der Waals surface area contributed by atoms with Crippen molar-refractivity contribution in [1.82, 2.24) is 9.78 Å². The molecule has 0 unspecified atom stereocenters. The maximum atomic E-state index is 12.0. The van der Waals surface area contributed by atoms with Gasteiger partial charge in [-0.05, 0) is 23.8 Å². The highest BCUT2D eigenvalue weighted by atomic mass is 16.1. The number of nitrogens with one attached hydrogen (secondary N) is 1. The summed E-state index contributed by atoms with van der Waals surface area (Å²) in [5.41, 5.74) is 1.16. The van der Waals surface area contributed by atoms with Crippen molar-refractivity contribution >= 4 is 17.8 Å². The summed E-state index contributed by atoms with van der Waals surface area (Å²) in [6, 6.07) is 12.1. The number of amides is 1. The van der Waals surface area contributed by atoms with E-state index in [1.54, 1.807) is 43.6 Å². The number of aryl methyl sites for hydroxylation is 1. The highest BCUT2D eigenvalue weighted by Gasteiger charge is 2.11. The standard InChI is InChI=1S/C15H11N5O/c1-20-14(6-7-18-20)19-15(21)13(10-17)8-11-2-4-12(9-16)5-3-11/h2-8H,1H3,(H,19,21)/b13-8-. The fourth-order valence-corrected chi connectivity index (χ4v) is 1.65. The van der Waals surface area contributed by atoms with Crippen LogP contribution in [0, 0.1) is 22.7 Å². The lowest BCUT2D eigenvalue weighted by Crippen LogP contribution is -2.15. The average Bonchev–Trinajstić information content (AvgIpc) is 2.90. The molecule has 1 heterocycles. The van der Waals surface area contributed by atoms with Gasteiger partial charge >= 0.3 is 0 Å². The number of carbonyl (C=O) groups excluding carboxylic acids is 1. The molecular formula is C15H11N5O. The number of hydrogen-bond donors (Lipinski definition) is 1. The molecule has 1 amide bonds. The van der Waals surface area contributed by atoms with Crippen molar-refractivity contribution in [2.45, 2.75) is 0 Å². The fourth-order valence-electron chi connectivity index (χ4n) is 1.65. The summed E-state index contributed by atoms with van der Waals surface area (Å²) >= 11 is 0. The zero-order valence-corrected chi connectivity index (χ0v) is 11.2. The Hall–Kier alpha value is -3.38. The van der Waals surface area contributed by atoms with Gasteiger partial charge in [-0.2, -0.15) is 15.6 Å². The van der Waals surface area contributed by atoms with Crippen LogP contribution in [0.1, 0.15) is 11.1 Å². The minimum atomic E-state index is -0.509. The van der Waals surface area contributed by atoms with Gasteiger partial charge in [0.1, 0.15) is 17.5 Å². The third kappa shape index (κ3) is 3.34. The van der Waals surface area contributed by atoms with Gasteiger partial charge < -0.3 is 5.32 Å². The van der Waals surface area contributed by atoms with Gasteiger partial charge in [0.05, 0.1) is 17.8 Å². The molecule has 2 aromatic rings. The predicted octanol–water partition coefficient (Wildman–Crippen LogP) is 1.84. The molecule has 6 nitrogen and oxygen atoms in total. The summed E-state index contributed by atoms with van der Waals surface area (Å²) in [7, 11) is 1.69. The number of hydrogen-bond acceptors (Lipinski definition) is 4. The van der Waals surface area contributed by atoms with E-state index >= 15 is 0 Å². The summed E-state index contributed by atoms with van der Waals surface area (Å²) in [4.78, 5) is 12.0. The van der Waals surface area contributed by atoms with Crippen molar-refractivity contribution in [3.05, 3.63) is 53.2 Å². The Kier molecular flexibility index (Phi) is 4.13. The Labute approximate surface area is 121 Å². The van der Waals surface area contributed by atoms with Crippen molar-refractivity contribution in [1.29, 1.82) is 10.5 Å². The first-order valence-corrected chi connectivity index (χ1v) is 6.05. The molecule has 0 aliphatic rings. The lowest BCUT2D eigenvalue weighted by Gasteiger charge is -2.04. The molecule has 1 aromatic carbocycles. The van der Waals surface area contributed by atoms with Crippen LogP contribution in [0.4, 0.5) is 5.82 Å². The molecule has 0 aliphatic carbocycles. The fraction of sp³-hybridized carbons (Fsp3) is 0.0667. The topological polar surface area (TPSA) is 94.5 Å². The first kappa shape index (κ1) is 14.0. The Balaban J connectivity index is 2.20. The summed E-state index contributed by atoms with van der Waals surface area (Å²) in [5.74, 6) is -0.00793. The zero-order valence-electron chi connectivity index (χ0n) is 11.2. The molecule has 0 saturated carbocycles. The molecule has 1 aromatic heterocycles. The van der Waals surface area contributed by atoms with Crippen LogP contribution in [-0.2, 0) is 11.8 Å². The second kappa shape index (κ2) is 6.18. The average molecular weight is 277 g/mol. The quantitative estimate of drug-likeness (QED) is 0.684. The third-order valence-electron chi connectivity index (χ3n) is 2.78. The molecule has 0 bridgehead atoms. The van der Waals surface area contributed by atoms with Gasteiger partial charge in [0.2, 0.25) is 0 Å². The monoisotopic (exact) mass is 277 g/mol. The lowest BCUT2D eigenvalue weighted by molar-refractivity contribution is -0.112. The van der Waals surface area contributed by atoms with Crippen LogP contribution in [0.5, 0.6) is 0 Å². The number of rotatable bonds is 3. The highest BCUT2D eigenvalue weighted by molar-refractivity contribution is 6.09.